The molecular weight excluding hydrogens is 334 g/mol. The third-order valence-electron chi connectivity index (χ3n) is 3.69. The molecule has 0 radical (unpaired) electrons. The van der Waals surface area contributed by atoms with Gasteiger partial charge in [0, 0.05) is 30.8 Å². The highest BCUT2D eigenvalue weighted by molar-refractivity contribution is 7.98. The highest BCUT2D eigenvalue weighted by Gasteiger charge is 2.10. The predicted molar refractivity (Wildman–Crippen MR) is 100 cm³/mol. The number of methoxy groups -OCH3 is 1. The van der Waals surface area contributed by atoms with Crippen LogP contribution in [0.4, 0.5) is 5.69 Å². The Morgan fingerprint density at radius 1 is 1.24 bits per heavy atom. The average molecular weight is 353 g/mol. The normalized spacial score (nSPS) is 10.5. The van der Waals surface area contributed by atoms with Crippen LogP contribution >= 0.6 is 11.8 Å². The number of anilines is 1. The topological polar surface area (TPSA) is 56.1 Å². The molecule has 0 atom stereocenters. The van der Waals surface area contributed by atoms with Gasteiger partial charge in [-0.25, -0.2) is 4.98 Å². The maximum atomic E-state index is 12.5. The number of nitrogens with one attached hydrogen (secondary N) is 1. The molecule has 0 saturated heterocycles. The molecule has 2 aromatic carbocycles. The first kappa shape index (κ1) is 17.1. The molecule has 0 fully saturated rings. The minimum atomic E-state index is -0.159. The first-order valence-corrected chi connectivity index (χ1v) is 8.79. The Morgan fingerprint density at radius 2 is 2.08 bits per heavy atom. The van der Waals surface area contributed by atoms with Gasteiger partial charge in [-0.15, -0.1) is 0 Å². The van der Waals surface area contributed by atoms with E-state index in [1.54, 1.807) is 31.1 Å². The molecule has 0 aliphatic rings. The Labute approximate surface area is 151 Å². The van der Waals surface area contributed by atoms with Gasteiger partial charge in [-0.2, -0.15) is 0 Å². The van der Waals surface area contributed by atoms with E-state index in [1.807, 2.05) is 60.3 Å². The zero-order valence-corrected chi connectivity index (χ0v) is 14.9. The quantitative estimate of drug-likeness (QED) is 0.681. The predicted octanol–water partition coefficient (Wildman–Crippen LogP) is 3.97. The number of carbonyl (C=O) groups excluding carboxylic acids is 1. The van der Waals surface area contributed by atoms with E-state index in [1.165, 1.54) is 0 Å². The third kappa shape index (κ3) is 4.22. The average Bonchev–Trinajstić information content (AvgIpc) is 3.05. The number of benzene rings is 2. The Hall–Kier alpha value is -2.73. The number of thioether (sulfide) groups is 1. The maximum absolute atomic E-state index is 12.5. The van der Waals surface area contributed by atoms with Crippen molar-refractivity contribution in [3.63, 3.8) is 0 Å². The van der Waals surface area contributed by atoms with Gasteiger partial charge >= 0.3 is 0 Å². The first-order valence-electron chi connectivity index (χ1n) is 7.81. The van der Waals surface area contributed by atoms with E-state index >= 15 is 0 Å². The summed E-state index contributed by atoms with van der Waals surface area (Å²) in [5.74, 6) is 1.23. The number of carbonyl (C=O) groups is 1. The number of hydrogen-bond acceptors (Lipinski definition) is 4. The summed E-state index contributed by atoms with van der Waals surface area (Å²) >= 11 is 1.64. The second-order valence-electron chi connectivity index (χ2n) is 5.46. The molecule has 0 aliphatic heterocycles. The molecule has 1 aromatic heterocycles. The van der Waals surface area contributed by atoms with Crippen molar-refractivity contribution in [1.82, 2.24) is 9.55 Å². The lowest BCUT2D eigenvalue weighted by atomic mass is 10.1. The molecule has 0 spiro atoms. The fraction of sp³-hybridized carbons (Fsp3) is 0.158. The summed E-state index contributed by atoms with van der Waals surface area (Å²) in [4.78, 5) is 16.8. The third-order valence-corrected chi connectivity index (χ3v) is 4.82. The molecule has 128 valence electrons. The summed E-state index contributed by atoms with van der Waals surface area (Å²) in [6.45, 7) is 0. The van der Waals surface area contributed by atoms with Crippen LogP contribution in [0.2, 0.25) is 0 Å². The van der Waals surface area contributed by atoms with Crippen LogP contribution in [-0.2, 0) is 12.8 Å². The number of aromatic nitrogens is 2. The summed E-state index contributed by atoms with van der Waals surface area (Å²) < 4.78 is 7.24. The summed E-state index contributed by atoms with van der Waals surface area (Å²) in [5.41, 5.74) is 2.34. The van der Waals surface area contributed by atoms with Crippen molar-refractivity contribution < 1.29 is 9.53 Å². The zero-order chi connectivity index (χ0) is 17.6. The summed E-state index contributed by atoms with van der Waals surface area (Å²) in [5, 5.41) is 3.84. The van der Waals surface area contributed by atoms with Crippen LogP contribution in [0.1, 0.15) is 15.9 Å². The molecule has 0 bridgehead atoms. The van der Waals surface area contributed by atoms with Gasteiger partial charge in [-0.1, -0.05) is 36.0 Å². The van der Waals surface area contributed by atoms with E-state index in [0.717, 1.165) is 16.5 Å². The second-order valence-corrected chi connectivity index (χ2v) is 6.41. The fourth-order valence-electron chi connectivity index (χ4n) is 2.38. The van der Waals surface area contributed by atoms with E-state index in [0.29, 0.717) is 17.0 Å². The monoisotopic (exact) mass is 353 g/mol. The summed E-state index contributed by atoms with van der Waals surface area (Å²) in [7, 11) is 3.55. The number of rotatable bonds is 6. The van der Waals surface area contributed by atoms with E-state index in [-0.39, 0.29) is 5.91 Å². The van der Waals surface area contributed by atoms with E-state index in [9.17, 15) is 4.79 Å². The number of imidazole rings is 1. The minimum absolute atomic E-state index is 0.159. The number of nitrogens with zero attached hydrogens (tertiary/aromatic N) is 2. The van der Waals surface area contributed by atoms with Crippen LogP contribution in [0.25, 0.3) is 0 Å². The number of aryl methyl sites for hydroxylation is 1. The lowest BCUT2D eigenvalue weighted by Gasteiger charge is -2.10. The minimum Gasteiger partial charge on any atom is -0.495 e. The molecule has 1 N–H and O–H groups in total. The zero-order valence-electron chi connectivity index (χ0n) is 14.1. The molecule has 1 heterocycles. The number of amides is 1. The van der Waals surface area contributed by atoms with Gasteiger partial charge in [0.15, 0.2) is 5.16 Å². The molecular formula is C19H19N3O2S. The van der Waals surface area contributed by atoms with Crippen LogP contribution in [0.5, 0.6) is 5.75 Å². The molecule has 0 unspecified atom stereocenters. The molecule has 6 heteroatoms. The lowest BCUT2D eigenvalue weighted by Crippen LogP contribution is -2.12. The van der Waals surface area contributed by atoms with E-state index in [2.05, 4.69) is 10.3 Å². The van der Waals surface area contributed by atoms with Crippen LogP contribution in [0, 0.1) is 0 Å². The van der Waals surface area contributed by atoms with Gasteiger partial charge in [0.05, 0.1) is 12.8 Å². The van der Waals surface area contributed by atoms with Gasteiger partial charge in [-0.3, -0.25) is 4.79 Å². The number of hydrogen-bond donors (Lipinski definition) is 1. The largest absolute Gasteiger partial charge is 0.495 e. The molecule has 3 rings (SSSR count). The van der Waals surface area contributed by atoms with Crippen LogP contribution in [0.15, 0.2) is 66.1 Å². The summed E-state index contributed by atoms with van der Waals surface area (Å²) in [6, 6.07) is 15.0. The fourth-order valence-corrected chi connectivity index (χ4v) is 3.26. The Morgan fingerprint density at radius 3 is 2.84 bits per heavy atom. The molecule has 0 aliphatic carbocycles. The van der Waals surface area contributed by atoms with Gasteiger partial charge in [0.2, 0.25) is 0 Å². The molecule has 1 amide bonds. The van der Waals surface area contributed by atoms with Crippen LogP contribution < -0.4 is 10.1 Å². The molecule has 25 heavy (non-hydrogen) atoms. The lowest BCUT2D eigenvalue weighted by molar-refractivity contribution is 0.102. The van der Waals surface area contributed by atoms with Crippen molar-refractivity contribution in [3.8, 4) is 5.75 Å². The van der Waals surface area contributed by atoms with Crippen LogP contribution in [-0.4, -0.2) is 22.6 Å². The Balaban J connectivity index is 1.70. The van der Waals surface area contributed by atoms with Gasteiger partial charge in [0.1, 0.15) is 5.75 Å². The first-order chi connectivity index (χ1) is 12.2. The van der Waals surface area contributed by atoms with Gasteiger partial charge < -0.3 is 14.6 Å². The number of para-hydroxylation sites is 2. The van der Waals surface area contributed by atoms with E-state index in [4.69, 9.17) is 4.74 Å². The SMILES string of the molecule is COc1ccccc1NC(=O)c1cccc(CSc2nccn2C)c1. The van der Waals surface area contributed by atoms with Crippen molar-refractivity contribution in [2.75, 3.05) is 12.4 Å². The highest BCUT2D eigenvalue weighted by atomic mass is 32.2. The van der Waals surface area contributed by atoms with Crippen LogP contribution in [0.3, 0.4) is 0 Å². The van der Waals surface area contributed by atoms with Gasteiger partial charge in [0.25, 0.3) is 5.91 Å². The van der Waals surface area contributed by atoms with Gasteiger partial charge in [-0.05, 0) is 29.8 Å². The van der Waals surface area contributed by atoms with Crippen molar-refractivity contribution in [2.45, 2.75) is 10.9 Å². The Bertz CT molecular complexity index is 876. The summed E-state index contributed by atoms with van der Waals surface area (Å²) in [6.07, 6.45) is 3.69. The smallest absolute Gasteiger partial charge is 0.255 e. The van der Waals surface area contributed by atoms with E-state index < -0.39 is 0 Å². The molecule has 0 saturated carbocycles. The maximum Gasteiger partial charge on any atom is 0.255 e. The standard InChI is InChI=1S/C19H19N3O2S/c1-22-11-10-20-19(22)25-13-14-6-5-7-15(12-14)18(23)21-16-8-3-4-9-17(16)24-2/h3-12H,13H2,1-2H3,(H,21,23). The van der Waals surface area contributed by atoms with Crippen molar-refractivity contribution in [3.05, 3.63) is 72.1 Å². The highest BCUT2D eigenvalue weighted by Crippen LogP contribution is 2.24. The second kappa shape index (κ2) is 7.90. The van der Waals surface area contributed by atoms with Crippen molar-refractivity contribution >= 4 is 23.4 Å². The molecule has 3 aromatic rings. The molecule has 5 nitrogen and oxygen atoms in total. The number of ether oxygens (including phenoxy) is 1. The van der Waals surface area contributed by atoms with Crippen molar-refractivity contribution in [2.24, 2.45) is 7.05 Å². The van der Waals surface area contributed by atoms with Crippen molar-refractivity contribution in [1.29, 1.82) is 0 Å². The Kier molecular flexibility index (Phi) is 5.40.